The third-order valence-electron chi connectivity index (χ3n) is 8.17. The number of rotatable bonds is 5. The van der Waals surface area contributed by atoms with Gasteiger partial charge in [-0.3, -0.25) is 4.79 Å². The minimum Gasteiger partial charge on any atom is -0.341 e. The molecule has 1 amide bonds. The largest absolute Gasteiger partial charge is 0.341 e. The first-order valence-electron chi connectivity index (χ1n) is 11.1. The molecule has 4 saturated carbocycles. The van der Waals surface area contributed by atoms with Crippen LogP contribution in [0.25, 0.3) is 0 Å². The van der Waals surface area contributed by atoms with Crippen LogP contribution in [0.15, 0.2) is 30.3 Å². The minimum atomic E-state index is 0.0148. The number of carbonyl (C=O) groups is 1. The van der Waals surface area contributed by atoms with Gasteiger partial charge in [-0.2, -0.15) is 0 Å². The molecular weight excluding hydrogens is 332 g/mol. The normalized spacial score (nSPS) is 37.7. The van der Waals surface area contributed by atoms with E-state index in [1.165, 1.54) is 44.1 Å². The average molecular weight is 367 g/mol. The van der Waals surface area contributed by atoms with Crippen molar-refractivity contribution in [3.8, 4) is 0 Å². The summed E-state index contributed by atoms with van der Waals surface area (Å²) >= 11 is 0. The molecular formula is C24H34N2O. The molecule has 1 aromatic rings. The number of carbonyl (C=O) groups excluding carboxylic acids is 1. The van der Waals surface area contributed by atoms with Crippen molar-refractivity contribution in [2.45, 2.75) is 57.4 Å². The van der Waals surface area contributed by atoms with Crippen LogP contribution in [-0.2, 0) is 11.2 Å². The Bertz CT molecular complexity index is 650. The van der Waals surface area contributed by atoms with Crippen molar-refractivity contribution >= 4 is 5.91 Å². The number of nitrogens with zero attached hydrogens (tertiary/aromatic N) is 2. The molecule has 4 aliphatic carbocycles. The van der Waals surface area contributed by atoms with Crippen LogP contribution >= 0.6 is 0 Å². The van der Waals surface area contributed by atoms with Crippen molar-refractivity contribution in [1.29, 1.82) is 0 Å². The summed E-state index contributed by atoms with van der Waals surface area (Å²) in [5.74, 6) is 3.04. The number of likely N-dealkylation sites (tertiary alicyclic amines) is 1. The number of benzene rings is 1. The molecule has 1 unspecified atom stereocenters. The van der Waals surface area contributed by atoms with Crippen LogP contribution in [0.2, 0.25) is 0 Å². The Morgan fingerprint density at radius 3 is 2.33 bits per heavy atom. The second-order valence-electron chi connectivity index (χ2n) is 10.1. The van der Waals surface area contributed by atoms with E-state index >= 15 is 0 Å². The molecule has 1 aliphatic heterocycles. The molecule has 146 valence electrons. The van der Waals surface area contributed by atoms with Crippen LogP contribution in [0.5, 0.6) is 0 Å². The first-order chi connectivity index (χ1) is 13.1. The third kappa shape index (κ3) is 3.33. The Balaban J connectivity index is 1.19. The molecule has 0 radical (unpaired) electrons. The van der Waals surface area contributed by atoms with Crippen LogP contribution in [0.3, 0.4) is 0 Å². The fraction of sp³-hybridized carbons (Fsp3) is 0.708. The molecule has 5 fully saturated rings. The van der Waals surface area contributed by atoms with E-state index in [4.69, 9.17) is 0 Å². The average Bonchev–Trinajstić information content (AvgIpc) is 3.14. The second kappa shape index (κ2) is 6.92. The predicted molar refractivity (Wildman–Crippen MR) is 108 cm³/mol. The summed E-state index contributed by atoms with van der Waals surface area (Å²) in [5, 5.41) is 0. The van der Waals surface area contributed by atoms with E-state index in [1.807, 2.05) is 0 Å². The van der Waals surface area contributed by atoms with Crippen molar-refractivity contribution in [3.05, 3.63) is 35.9 Å². The highest BCUT2D eigenvalue weighted by Gasteiger charge is 2.55. The van der Waals surface area contributed by atoms with Gasteiger partial charge in [0, 0.05) is 32.7 Å². The molecule has 0 spiro atoms. The maximum Gasteiger partial charge on any atom is 0.228 e. The van der Waals surface area contributed by atoms with Crippen molar-refractivity contribution in [2.75, 3.05) is 26.7 Å². The molecule has 0 aromatic heterocycles. The molecule has 1 heterocycles. The summed E-state index contributed by atoms with van der Waals surface area (Å²) in [7, 11) is 2.10. The quantitative estimate of drug-likeness (QED) is 0.787. The third-order valence-corrected chi connectivity index (χ3v) is 8.17. The minimum absolute atomic E-state index is 0.0148. The summed E-state index contributed by atoms with van der Waals surface area (Å²) < 4.78 is 0. The van der Waals surface area contributed by atoms with Crippen LogP contribution in [0.1, 0.15) is 50.5 Å². The predicted octanol–water partition coefficient (Wildman–Crippen LogP) is 3.98. The van der Waals surface area contributed by atoms with E-state index < -0.39 is 0 Å². The highest BCUT2D eigenvalue weighted by atomic mass is 16.2. The second-order valence-corrected chi connectivity index (χ2v) is 10.1. The number of likely N-dealkylation sites (N-methyl/N-ethyl adjacent to an activating group) is 1. The van der Waals surface area contributed by atoms with Gasteiger partial charge >= 0.3 is 0 Å². The molecule has 27 heavy (non-hydrogen) atoms. The van der Waals surface area contributed by atoms with E-state index in [0.29, 0.717) is 11.9 Å². The van der Waals surface area contributed by atoms with Gasteiger partial charge in [0.1, 0.15) is 0 Å². The summed E-state index contributed by atoms with van der Waals surface area (Å²) in [4.78, 5) is 18.3. The highest BCUT2D eigenvalue weighted by molar-refractivity contribution is 5.83. The Hall–Kier alpha value is -1.35. The molecule has 5 aliphatic rings. The summed E-state index contributed by atoms with van der Waals surface area (Å²) in [6.45, 7) is 3.30. The summed E-state index contributed by atoms with van der Waals surface area (Å²) in [6.07, 6.45) is 10.0. The topological polar surface area (TPSA) is 23.6 Å². The zero-order valence-corrected chi connectivity index (χ0v) is 16.8. The Morgan fingerprint density at radius 1 is 1.07 bits per heavy atom. The summed E-state index contributed by atoms with van der Waals surface area (Å²) in [5.41, 5.74) is 1.43. The van der Waals surface area contributed by atoms with E-state index in [0.717, 1.165) is 50.2 Å². The van der Waals surface area contributed by atoms with Gasteiger partial charge in [0.25, 0.3) is 0 Å². The smallest absolute Gasteiger partial charge is 0.228 e. The van der Waals surface area contributed by atoms with Gasteiger partial charge in [-0.1, -0.05) is 30.3 Å². The molecule has 0 N–H and O–H groups in total. The maximum absolute atomic E-state index is 13.6. The molecule has 1 saturated heterocycles. The van der Waals surface area contributed by atoms with Crippen molar-refractivity contribution in [3.63, 3.8) is 0 Å². The lowest BCUT2D eigenvalue weighted by atomic mass is 9.49. The van der Waals surface area contributed by atoms with Gasteiger partial charge in [-0.25, -0.2) is 0 Å². The van der Waals surface area contributed by atoms with Gasteiger partial charge in [-0.15, -0.1) is 0 Å². The van der Waals surface area contributed by atoms with Crippen molar-refractivity contribution in [1.82, 2.24) is 9.80 Å². The maximum atomic E-state index is 13.6. The molecule has 6 rings (SSSR count). The van der Waals surface area contributed by atoms with Crippen molar-refractivity contribution in [2.24, 2.45) is 23.2 Å². The van der Waals surface area contributed by atoms with Crippen LogP contribution in [-0.4, -0.2) is 48.4 Å². The Kier molecular flexibility index (Phi) is 4.54. The Labute approximate surface area is 164 Å². The van der Waals surface area contributed by atoms with Crippen LogP contribution < -0.4 is 0 Å². The number of hydrogen-bond acceptors (Lipinski definition) is 2. The lowest BCUT2D eigenvalue weighted by molar-refractivity contribution is -0.158. The lowest BCUT2D eigenvalue weighted by Crippen LogP contribution is -2.55. The first kappa shape index (κ1) is 17.7. The van der Waals surface area contributed by atoms with Crippen LogP contribution in [0.4, 0.5) is 0 Å². The van der Waals surface area contributed by atoms with Gasteiger partial charge in [-0.05, 0) is 74.7 Å². The Morgan fingerprint density at radius 2 is 1.70 bits per heavy atom. The highest BCUT2D eigenvalue weighted by Crippen LogP contribution is 2.60. The van der Waals surface area contributed by atoms with Gasteiger partial charge in [0.05, 0.1) is 5.41 Å². The molecule has 1 aromatic carbocycles. The monoisotopic (exact) mass is 366 g/mol. The molecule has 3 heteroatoms. The van der Waals surface area contributed by atoms with E-state index in [9.17, 15) is 4.79 Å². The fourth-order valence-corrected chi connectivity index (χ4v) is 7.18. The molecule has 4 bridgehead atoms. The zero-order valence-electron chi connectivity index (χ0n) is 16.8. The standard InChI is InChI=1S/C24H34N2O/c1-25(22-8-10-26(17-22)9-7-18-5-3-2-4-6-18)23(27)24-14-19-11-20(15-24)13-21(12-19)16-24/h2-6,19-22H,7-17H2,1H3. The lowest BCUT2D eigenvalue weighted by Gasteiger charge is -2.56. The van der Waals surface area contributed by atoms with Gasteiger partial charge in [0.15, 0.2) is 0 Å². The molecule has 3 nitrogen and oxygen atoms in total. The van der Waals surface area contributed by atoms with E-state index in [2.05, 4.69) is 47.2 Å². The van der Waals surface area contributed by atoms with Gasteiger partial charge < -0.3 is 9.80 Å². The number of hydrogen-bond donors (Lipinski definition) is 0. The first-order valence-corrected chi connectivity index (χ1v) is 11.1. The van der Waals surface area contributed by atoms with Crippen LogP contribution in [0, 0.1) is 23.2 Å². The van der Waals surface area contributed by atoms with Crippen molar-refractivity contribution < 1.29 is 4.79 Å². The van der Waals surface area contributed by atoms with E-state index in [1.54, 1.807) is 0 Å². The number of amides is 1. The molecule has 1 atom stereocenters. The zero-order chi connectivity index (χ0) is 18.4. The van der Waals surface area contributed by atoms with Gasteiger partial charge in [0.2, 0.25) is 5.91 Å². The van der Waals surface area contributed by atoms with E-state index in [-0.39, 0.29) is 5.41 Å². The SMILES string of the molecule is CN(C(=O)C12CC3CC(CC(C3)C1)C2)C1CCN(CCc2ccccc2)C1. The fourth-order valence-electron chi connectivity index (χ4n) is 7.18. The summed E-state index contributed by atoms with van der Waals surface area (Å²) in [6, 6.07) is 11.2.